The van der Waals surface area contributed by atoms with Crippen molar-refractivity contribution in [1.82, 2.24) is 0 Å². The minimum atomic E-state index is -1.03. The van der Waals surface area contributed by atoms with E-state index in [9.17, 15) is 18.4 Å². The van der Waals surface area contributed by atoms with Crippen molar-refractivity contribution in [3.63, 3.8) is 0 Å². The Morgan fingerprint density at radius 3 is 2.44 bits per heavy atom. The first-order chi connectivity index (χ1) is 11.9. The summed E-state index contributed by atoms with van der Waals surface area (Å²) in [5, 5.41) is 2.50. The quantitative estimate of drug-likeness (QED) is 0.862. The highest BCUT2D eigenvalue weighted by Gasteiger charge is 2.16. The van der Waals surface area contributed by atoms with Crippen LogP contribution in [-0.2, 0) is 16.0 Å². The number of para-hydroxylation sites is 1. The van der Waals surface area contributed by atoms with Crippen molar-refractivity contribution in [2.24, 2.45) is 0 Å². The van der Waals surface area contributed by atoms with Crippen molar-refractivity contribution in [1.29, 1.82) is 0 Å². The zero-order valence-corrected chi connectivity index (χ0v) is 14.2. The maximum atomic E-state index is 13.2. The molecule has 0 aliphatic carbocycles. The van der Waals surface area contributed by atoms with Crippen LogP contribution in [-0.4, -0.2) is 18.4 Å². The molecule has 0 aliphatic heterocycles. The molecule has 2 rings (SSSR count). The summed E-state index contributed by atoms with van der Waals surface area (Å²) in [4.78, 5) is 25.6. The van der Waals surface area contributed by atoms with Gasteiger partial charge in [0.15, 0.2) is 11.6 Å². The summed E-state index contributed by atoms with van der Waals surface area (Å²) in [6.07, 6.45) is 0.803. The fraction of sp³-hybridized carbons (Fsp3) is 0.263. The fourth-order valence-corrected chi connectivity index (χ4v) is 2.53. The molecular weight excluding hydrogens is 326 g/mol. The van der Waals surface area contributed by atoms with E-state index >= 15 is 0 Å². The van der Waals surface area contributed by atoms with Crippen molar-refractivity contribution in [2.45, 2.75) is 26.7 Å². The number of aryl methyl sites for hydroxylation is 1. The molecule has 4 nitrogen and oxygen atoms in total. The highest BCUT2D eigenvalue weighted by molar-refractivity contribution is 5.95. The van der Waals surface area contributed by atoms with Gasteiger partial charge in [0.25, 0.3) is 0 Å². The lowest BCUT2D eigenvalue weighted by molar-refractivity contribution is -0.117. The van der Waals surface area contributed by atoms with Crippen molar-refractivity contribution < 1.29 is 18.4 Å². The average molecular weight is 346 g/mol. The molecule has 0 aliphatic rings. The number of amides is 2. The van der Waals surface area contributed by atoms with Crippen LogP contribution >= 0.6 is 0 Å². The Hall–Kier alpha value is -2.76. The summed E-state index contributed by atoms with van der Waals surface area (Å²) in [6, 6.07) is 10.7. The number of hydrogen-bond donors (Lipinski definition) is 1. The second kappa shape index (κ2) is 8.37. The second-order valence-electron chi connectivity index (χ2n) is 5.58. The standard InChI is InChI=1S/C19H20F2N2O2/c1-3-14-6-4-5-7-18(14)23(13(2)24)11-10-19(25)22-15-8-9-16(20)17(21)12-15/h4-9,12H,3,10-11H2,1-2H3,(H,22,25). The van der Waals surface area contributed by atoms with E-state index < -0.39 is 11.6 Å². The molecule has 2 aromatic carbocycles. The predicted octanol–water partition coefficient (Wildman–Crippen LogP) is 3.91. The van der Waals surface area contributed by atoms with E-state index in [-0.39, 0.29) is 30.5 Å². The van der Waals surface area contributed by atoms with Crippen LogP contribution in [0.3, 0.4) is 0 Å². The molecule has 2 amide bonds. The van der Waals surface area contributed by atoms with Gasteiger partial charge in [-0.2, -0.15) is 0 Å². The predicted molar refractivity (Wildman–Crippen MR) is 93.5 cm³/mol. The number of benzene rings is 2. The molecule has 0 heterocycles. The molecular formula is C19H20F2N2O2. The number of hydrogen-bond acceptors (Lipinski definition) is 2. The third-order valence-corrected chi connectivity index (χ3v) is 3.81. The number of halogens is 2. The smallest absolute Gasteiger partial charge is 0.226 e. The molecule has 0 radical (unpaired) electrons. The zero-order chi connectivity index (χ0) is 18.4. The fourth-order valence-electron chi connectivity index (χ4n) is 2.53. The van der Waals surface area contributed by atoms with Crippen molar-refractivity contribution in [2.75, 3.05) is 16.8 Å². The third kappa shape index (κ3) is 4.86. The first kappa shape index (κ1) is 18.6. The van der Waals surface area contributed by atoms with Gasteiger partial charge in [-0.3, -0.25) is 9.59 Å². The van der Waals surface area contributed by atoms with Crippen LogP contribution in [0.15, 0.2) is 42.5 Å². The van der Waals surface area contributed by atoms with Crippen LogP contribution in [0.4, 0.5) is 20.2 Å². The lowest BCUT2D eigenvalue weighted by Crippen LogP contribution is -2.32. The van der Waals surface area contributed by atoms with Crippen LogP contribution in [0, 0.1) is 11.6 Å². The van der Waals surface area contributed by atoms with Gasteiger partial charge in [-0.05, 0) is 30.2 Å². The van der Waals surface area contributed by atoms with E-state index in [0.29, 0.717) is 0 Å². The van der Waals surface area contributed by atoms with Gasteiger partial charge >= 0.3 is 0 Å². The van der Waals surface area contributed by atoms with Gasteiger partial charge in [0.1, 0.15) is 0 Å². The minimum Gasteiger partial charge on any atom is -0.326 e. The SMILES string of the molecule is CCc1ccccc1N(CCC(=O)Nc1ccc(F)c(F)c1)C(C)=O. The Balaban J connectivity index is 2.04. The van der Waals surface area contributed by atoms with Gasteiger partial charge in [0.05, 0.1) is 0 Å². The third-order valence-electron chi connectivity index (χ3n) is 3.81. The van der Waals surface area contributed by atoms with E-state index in [1.54, 1.807) is 4.90 Å². The molecule has 0 atom stereocenters. The number of carbonyl (C=O) groups excluding carboxylic acids is 2. The molecule has 0 saturated heterocycles. The molecule has 0 unspecified atom stereocenters. The number of nitrogens with one attached hydrogen (secondary N) is 1. The first-order valence-corrected chi connectivity index (χ1v) is 8.03. The van der Waals surface area contributed by atoms with Gasteiger partial charge in [0.2, 0.25) is 11.8 Å². The van der Waals surface area contributed by atoms with Gasteiger partial charge in [-0.25, -0.2) is 8.78 Å². The normalized spacial score (nSPS) is 10.4. The van der Waals surface area contributed by atoms with Gasteiger partial charge in [-0.15, -0.1) is 0 Å². The number of carbonyl (C=O) groups is 2. The molecule has 0 aromatic heterocycles. The number of rotatable bonds is 6. The molecule has 132 valence electrons. The molecule has 6 heteroatoms. The van der Waals surface area contributed by atoms with Gasteiger partial charge in [-0.1, -0.05) is 25.1 Å². The minimum absolute atomic E-state index is 0.0383. The summed E-state index contributed by atoms with van der Waals surface area (Å²) < 4.78 is 26.1. The van der Waals surface area contributed by atoms with Crippen LogP contribution in [0.25, 0.3) is 0 Å². The summed E-state index contributed by atoms with van der Waals surface area (Å²) in [5.74, 6) is -2.55. The van der Waals surface area contributed by atoms with E-state index in [1.807, 2.05) is 31.2 Å². The number of nitrogens with zero attached hydrogens (tertiary/aromatic N) is 1. The monoisotopic (exact) mass is 346 g/mol. The van der Waals surface area contributed by atoms with Crippen molar-refractivity contribution in [3.8, 4) is 0 Å². The van der Waals surface area contributed by atoms with Gasteiger partial charge in [0, 0.05) is 37.3 Å². The van der Waals surface area contributed by atoms with E-state index in [1.165, 1.54) is 13.0 Å². The Labute approximate surface area is 145 Å². The molecule has 0 fully saturated rings. The van der Waals surface area contributed by atoms with Crippen molar-refractivity contribution in [3.05, 3.63) is 59.7 Å². The highest BCUT2D eigenvalue weighted by Crippen LogP contribution is 2.21. The van der Waals surface area contributed by atoms with Crippen LogP contribution in [0.5, 0.6) is 0 Å². The van der Waals surface area contributed by atoms with E-state index in [0.717, 1.165) is 29.8 Å². The summed E-state index contributed by atoms with van der Waals surface area (Å²) in [7, 11) is 0. The number of anilines is 2. The molecule has 0 bridgehead atoms. The second-order valence-corrected chi connectivity index (χ2v) is 5.58. The first-order valence-electron chi connectivity index (χ1n) is 8.03. The molecule has 2 aromatic rings. The van der Waals surface area contributed by atoms with Crippen LogP contribution in [0.1, 0.15) is 25.8 Å². The maximum Gasteiger partial charge on any atom is 0.226 e. The summed E-state index contributed by atoms with van der Waals surface area (Å²) >= 11 is 0. The van der Waals surface area contributed by atoms with Crippen LogP contribution in [0.2, 0.25) is 0 Å². The average Bonchev–Trinajstić information content (AvgIpc) is 2.58. The lowest BCUT2D eigenvalue weighted by Gasteiger charge is -2.23. The molecule has 0 saturated carbocycles. The molecule has 1 N–H and O–H groups in total. The summed E-state index contributed by atoms with van der Waals surface area (Å²) in [6.45, 7) is 3.63. The Kier molecular flexibility index (Phi) is 6.22. The van der Waals surface area contributed by atoms with E-state index in [4.69, 9.17) is 0 Å². The lowest BCUT2D eigenvalue weighted by atomic mass is 10.1. The van der Waals surface area contributed by atoms with Gasteiger partial charge < -0.3 is 10.2 Å². The Morgan fingerprint density at radius 2 is 1.80 bits per heavy atom. The Morgan fingerprint density at radius 1 is 1.08 bits per heavy atom. The topological polar surface area (TPSA) is 49.4 Å². The highest BCUT2D eigenvalue weighted by atomic mass is 19.2. The molecule has 0 spiro atoms. The van der Waals surface area contributed by atoms with Crippen molar-refractivity contribution >= 4 is 23.2 Å². The Bertz CT molecular complexity index is 778. The van der Waals surface area contributed by atoms with Crippen LogP contribution < -0.4 is 10.2 Å². The zero-order valence-electron chi connectivity index (χ0n) is 14.2. The van der Waals surface area contributed by atoms with E-state index in [2.05, 4.69) is 5.32 Å². The summed E-state index contributed by atoms with van der Waals surface area (Å²) in [5.41, 5.74) is 1.96. The maximum absolute atomic E-state index is 13.2. The largest absolute Gasteiger partial charge is 0.326 e. The molecule has 25 heavy (non-hydrogen) atoms.